The van der Waals surface area contributed by atoms with Crippen LogP contribution in [-0.2, 0) is 4.79 Å². The average Bonchev–Trinajstić information content (AvgIpc) is 2.24. The maximum Gasteiger partial charge on any atom is 0.401 e. The summed E-state index contributed by atoms with van der Waals surface area (Å²) in [4.78, 5) is 14.0. The minimum absolute atomic E-state index is 0.0514. The van der Waals surface area contributed by atoms with Crippen LogP contribution in [0.15, 0.2) is 0 Å². The van der Waals surface area contributed by atoms with Gasteiger partial charge in [-0.3, -0.25) is 14.6 Å². The fourth-order valence-electron chi connectivity index (χ4n) is 2.27. The summed E-state index contributed by atoms with van der Waals surface area (Å²) in [5.74, 6) is -0.862. The van der Waals surface area contributed by atoms with Crippen molar-refractivity contribution in [3.05, 3.63) is 0 Å². The maximum absolute atomic E-state index is 12.2. The third-order valence-corrected chi connectivity index (χ3v) is 3.21. The number of carbonyl (C=O) groups is 1. The van der Waals surface area contributed by atoms with Crippen molar-refractivity contribution >= 4 is 5.97 Å². The van der Waals surface area contributed by atoms with Crippen LogP contribution in [-0.4, -0.2) is 65.8 Å². The van der Waals surface area contributed by atoms with Crippen LogP contribution in [0.25, 0.3) is 0 Å². The van der Waals surface area contributed by atoms with E-state index in [0.717, 1.165) is 0 Å². The number of alkyl halides is 3. The lowest BCUT2D eigenvalue weighted by Crippen LogP contribution is -2.52. The van der Waals surface area contributed by atoms with Gasteiger partial charge in [-0.25, -0.2) is 0 Å². The van der Waals surface area contributed by atoms with Gasteiger partial charge in [0.2, 0.25) is 0 Å². The van der Waals surface area contributed by atoms with Gasteiger partial charge in [-0.2, -0.15) is 13.2 Å². The number of hydrogen-bond donors (Lipinski definition) is 1. The monoisotopic (exact) mass is 268 g/mol. The first-order valence-corrected chi connectivity index (χ1v) is 6.06. The molecule has 18 heavy (non-hydrogen) atoms. The van der Waals surface area contributed by atoms with Gasteiger partial charge in [0.05, 0.1) is 13.0 Å². The van der Waals surface area contributed by atoms with E-state index in [0.29, 0.717) is 32.6 Å². The molecule has 7 heteroatoms. The molecule has 0 radical (unpaired) electrons. The van der Waals surface area contributed by atoms with E-state index in [9.17, 15) is 18.0 Å². The van der Waals surface area contributed by atoms with Crippen LogP contribution in [0.5, 0.6) is 0 Å². The molecular weight excluding hydrogens is 249 g/mol. The fraction of sp³-hybridized carbons (Fsp3) is 0.909. The van der Waals surface area contributed by atoms with Gasteiger partial charge in [0.15, 0.2) is 0 Å². The summed E-state index contributed by atoms with van der Waals surface area (Å²) in [6.07, 6.45) is -3.41. The molecule has 1 N–H and O–H groups in total. The number of halogens is 3. The maximum atomic E-state index is 12.2. The van der Waals surface area contributed by atoms with Crippen LogP contribution >= 0.6 is 0 Å². The number of hydrogen-bond acceptors (Lipinski definition) is 3. The SMILES string of the molecule is CCC(CC(=O)O)N1CCN(CC(F)(F)F)CC1. The van der Waals surface area contributed by atoms with Gasteiger partial charge in [-0.1, -0.05) is 6.92 Å². The van der Waals surface area contributed by atoms with Crippen molar-refractivity contribution in [2.24, 2.45) is 0 Å². The topological polar surface area (TPSA) is 43.8 Å². The summed E-state index contributed by atoms with van der Waals surface area (Å²) in [6.45, 7) is 2.71. The quantitative estimate of drug-likeness (QED) is 0.819. The third kappa shape index (κ3) is 5.22. The second-order valence-electron chi connectivity index (χ2n) is 4.59. The lowest BCUT2D eigenvalue weighted by Gasteiger charge is -2.38. The lowest BCUT2D eigenvalue weighted by molar-refractivity contribution is -0.150. The first-order valence-electron chi connectivity index (χ1n) is 6.06. The minimum Gasteiger partial charge on any atom is -0.481 e. The van der Waals surface area contributed by atoms with Gasteiger partial charge in [0, 0.05) is 32.2 Å². The molecule has 0 aromatic carbocycles. The lowest BCUT2D eigenvalue weighted by atomic mass is 10.1. The molecule has 4 nitrogen and oxygen atoms in total. The smallest absolute Gasteiger partial charge is 0.401 e. The summed E-state index contributed by atoms with van der Waals surface area (Å²) in [7, 11) is 0. The van der Waals surface area contributed by atoms with Gasteiger partial charge in [0.25, 0.3) is 0 Å². The summed E-state index contributed by atoms with van der Waals surface area (Å²) in [6, 6.07) is -0.0736. The van der Waals surface area contributed by atoms with Crippen molar-refractivity contribution < 1.29 is 23.1 Å². The van der Waals surface area contributed by atoms with Gasteiger partial charge < -0.3 is 5.11 Å². The van der Waals surface area contributed by atoms with E-state index in [2.05, 4.69) is 0 Å². The Morgan fingerprint density at radius 2 is 1.83 bits per heavy atom. The molecule has 0 bridgehead atoms. The van der Waals surface area contributed by atoms with E-state index < -0.39 is 18.7 Å². The number of piperazine rings is 1. The molecule has 0 amide bonds. The van der Waals surface area contributed by atoms with Gasteiger partial charge in [-0.05, 0) is 6.42 Å². The number of carboxylic acid groups (broad SMARTS) is 1. The minimum atomic E-state index is -4.16. The molecule has 0 aromatic heterocycles. The Hall–Kier alpha value is -0.820. The zero-order valence-corrected chi connectivity index (χ0v) is 10.4. The Kier molecular flexibility index (Phi) is 5.40. The van der Waals surface area contributed by atoms with E-state index >= 15 is 0 Å². The Balaban J connectivity index is 2.40. The standard InChI is InChI=1S/C11H19F3N2O2/c1-2-9(7-10(17)18)16-5-3-15(4-6-16)8-11(12,13)14/h9H,2-8H2,1H3,(H,17,18). The highest BCUT2D eigenvalue weighted by Gasteiger charge is 2.33. The number of nitrogens with zero attached hydrogens (tertiary/aromatic N) is 2. The van der Waals surface area contributed by atoms with Crippen molar-refractivity contribution in [3.63, 3.8) is 0 Å². The molecule has 0 aliphatic carbocycles. The second-order valence-corrected chi connectivity index (χ2v) is 4.59. The number of aliphatic carboxylic acids is 1. The molecule has 1 aliphatic heterocycles. The van der Waals surface area contributed by atoms with Crippen LogP contribution < -0.4 is 0 Å². The Labute approximate surface area is 104 Å². The van der Waals surface area contributed by atoms with Gasteiger partial charge in [-0.15, -0.1) is 0 Å². The zero-order chi connectivity index (χ0) is 13.8. The highest BCUT2D eigenvalue weighted by Crippen LogP contribution is 2.19. The second kappa shape index (κ2) is 6.38. The van der Waals surface area contributed by atoms with Crippen LogP contribution in [0.1, 0.15) is 19.8 Å². The summed E-state index contributed by atoms with van der Waals surface area (Å²) in [5, 5.41) is 8.76. The predicted molar refractivity (Wildman–Crippen MR) is 60.4 cm³/mol. The van der Waals surface area contributed by atoms with E-state index in [1.54, 1.807) is 0 Å². The van der Waals surface area contributed by atoms with Crippen molar-refractivity contribution in [1.29, 1.82) is 0 Å². The van der Waals surface area contributed by atoms with E-state index in [1.165, 1.54) is 4.90 Å². The Morgan fingerprint density at radius 1 is 1.28 bits per heavy atom. The molecule has 0 spiro atoms. The fourth-order valence-corrected chi connectivity index (χ4v) is 2.27. The van der Waals surface area contributed by atoms with Crippen molar-refractivity contribution in [1.82, 2.24) is 9.80 Å². The third-order valence-electron chi connectivity index (χ3n) is 3.21. The number of carboxylic acids is 1. The molecular formula is C11H19F3N2O2. The highest BCUT2D eigenvalue weighted by molar-refractivity contribution is 5.67. The van der Waals surface area contributed by atoms with Crippen LogP contribution in [0.3, 0.4) is 0 Å². The first kappa shape index (κ1) is 15.2. The van der Waals surface area contributed by atoms with Crippen LogP contribution in [0.4, 0.5) is 13.2 Å². The van der Waals surface area contributed by atoms with E-state index in [1.807, 2.05) is 11.8 Å². The van der Waals surface area contributed by atoms with Crippen molar-refractivity contribution in [2.45, 2.75) is 32.0 Å². The summed E-state index contributed by atoms with van der Waals surface area (Å²) >= 11 is 0. The first-order chi connectivity index (χ1) is 8.31. The van der Waals surface area contributed by atoms with Gasteiger partial charge >= 0.3 is 12.1 Å². The highest BCUT2D eigenvalue weighted by atomic mass is 19.4. The largest absolute Gasteiger partial charge is 0.481 e. The molecule has 1 heterocycles. The molecule has 106 valence electrons. The zero-order valence-electron chi connectivity index (χ0n) is 10.4. The van der Waals surface area contributed by atoms with Crippen molar-refractivity contribution in [2.75, 3.05) is 32.7 Å². The normalized spacial score (nSPS) is 20.9. The molecule has 1 atom stereocenters. The molecule has 1 aliphatic rings. The molecule has 0 saturated carbocycles. The molecule has 1 unspecified atom stereocenters. The summed E-state index contributed by atoms with van der Waals surface area (Å²) in [5.41, 5.74) is 0. The van der Waals surface area contributed by atoms with Crippen LogP contribution in [0.2, 0.25) is 0 Å². The number of rotatable bonds is 5. The molecule has 0 aromatic rings. The van der Waals surface area contributed by atoms with Crippen molar-refractivity contribution in [3.8, 4) is 0 Å². The van der Waals surface area contributed by atoms with E-state index in [4.69, 9.17) is 5.11 Å². The van der Waals surface area contributed by atoms with Crippen LogP contribution in [0, 0.1) is 0 Å². The molecule has 1 rings (SSSR count). The Bertz CT molecular complexity index is 276. The predicted octanol–water partition coefficient (Wildman–Crippen LogP) is 1.42. The molecule has 1 fully saturated rings. The summed E-state index contributed by atoms with van der Waals surface area (Å²) < 4.78 is 36.6. The Morgan fingerprint density at radius 3 is 2.22 bits per heavy atom. The van der Waals surface area contributed by atoms with E-state index in [-0.39, 0.29) is 12.5 Å². The molecule has 1 saturated heterocycles. The van der Waals surface area contributed by atoms with Gasteiger partial charge in [0.1, 0.15) is 0 Å². The average molecular weight is 268 g/mol.